The minimum Gasteiger partial charge on any atom is -0.462 e. The van der Waals surface area contributed by atoms with Gasteiger partial charge in [-0.25, -0.2) is 18.2 Å². The summed E-state index contributed by atoms with van der Waals surface area (Å²) in [5.74, 6) is -2.19. The van der Waals surface area contributed by atoms with Crippen LogP contribution in [0.4, 0.5) is 14.6 Å². The van der Waals surface area contributed by atoms with Crippen molar-refractivity contribution in [2.75, 3.05) is 17.3 Å². The Balaban J connectivity index is 1.89. The molecular formula is C27H31F2N3O8S. The van der Waals surface area contributed by atoms with Crippen molar-refractivity contribution in [2.45, 2.75) is 82.6 Å². The van der Waals surface area contributed by atoms with Crippen LogP contribution in [0.15, 0.2) is 29.3 Å². The van der Waals surface area contributed by atoms with E-state index in [4.69, 9.17) is 9.47 Å². The number of aromatic nitrogens is 1. The van der Waals surface area contributed by atoms with Gasteiger partial charge >= 0.3 is 12.3 Å². The molecule has 1 aromatic heterocycles. The molecule has 0 amide bonds. The molecular weight excluding hydrogens is 564 g/mol. The van der Waals surface area contributed by atoms with E-state index in [0.717, 1.165) is 17.0 Å². The third kappa shape index (κ3) is 6.37. The molecule has 14 heteroatoms. The first-order chi connectivity index (χ1) is 19.0. The number of nitriles is 1. The number of halogens is 2. The zero-order valence-electron chi connectivity index (χ0n) is 23.2. The van der Waals surface area contributed by atoms with Gasteiger partial charge in [-0.15, -0.1) is 8.78 Å². The van der Waals surface area contributed by atoms with Gasteiger partial charge in [0.2, 0.25) is 6.41 Å². The highest BCUT2D eigenvalue weighted by Gasteiger charge is 2.47. The Morgan fingerprint density at radius 1 is 1.22 bits per heavy atom. The van der Waals surface area contributed by atoms with Crippen LogP contribution in [-0.2, 0) is 31.3 Å². The highest BCUT2D eigenvalue weighted by atomic mass is 32.2. The second kappa shape index (κ2) is 10.7. The van der Waals surface area contributed by atoms with E-state index in [1.165, 1.54) is 19.2 Å². The fourth-order valence-corrected chi connectivity index (χ4v) is 5.34. The molecule has 1 N–H and O–H groups in total. The Bertz CT molecular complexity index is 1500. The molecule has 41 heavy (non-hydrogen) atoms. The van der Waals surface area contributed by atoms with E-state index in [9.17, 15) is 32.4 Å². The molecule has 1 aliphatic heterocycles. The lowest BCUT2D eigenvalue weighted by molar-refractivity contribution is -0.286. The first-order valence-corrected chi connectivity index (χ1v) is 14.6. The summed E-state index contributed by atoms with van der Waals surface area (Å²) in [6, 6.07) is 5.72. The van der Waals surface area contributed by atoms with Gasteiger partial charge in [-0.2, -0.15) is 5.26 Å². The maximum atomic E-state index is 13.9. The van der Waals surface area contributed by atoms with Crippen molar-refractivity contribution in [3.8, 4) is 17.6 Å². The minimum absolute atomic E-state index is 0.0229. The number of carbonyl (C=O) groups is 1. The summed E-state index contributed by atoms with van der Waals surface area (Å²) >= 11 is 0. The quantitative estimate of drug-likeness (QED) is 0.314. The minimum atomic E-state index is -3.98. The topological polar surface area (TPSA) is 148 Å². The average Bonchev–Trinajstić information content (AvgIpc) is 3.62. The first kappa shape index (κ1) is 30.4. The molecule has 2 aromatic rings. The molecule has 4 rings (SSSR count). The van der Waals surface area contributed by atoms with Gasteiger partial charge in [0.05, 0.1) is 41.6 Å². The number of pyridine rings is 1. The number of nitrogens with zero attached hydrogens (tertiary/aromatic N) is 3. The Labute approximate surface area is 236 Å². The lowest BCUT2D eigenvalue weighted by atomic mass is 10.00. The number of benzene rings is 1. The van der Waals surface area contributed by atoms with Crippen molar-refractivity contribution >= 4 is 21.6 Å². The number of hydrogen-bond acceptors (Lipinski definition) is 11. The number of esters is 1. The molecule has 2 aliphatic rings. The molecule has 1 unspecified atom stereocenters. The van der Waals surface area contributed by atoms with Crippen LogP contribution in [0, 0.1) is 11.3 Å². The van der Waals surface area contributed by atoms with Crippen molar-refractivity contribution in [3.05, 3.63) is 41.1 Å². The van der Waals surface area contributed by atoms with E-state index < -0.39 is 51.8 Å². The van der Waals surface area contributed by atoms with E-state index in [1.54, 1.807) is 27.7 Å². The molecule has 1 aromatic carbocycles. The molecule has 0 bridgehead atoms. The van der Waals surface area contributed by atoms with E-state index in [1.807, 2.05) is 0 Å². The molecule has 0 saturated heterocycles. The van der Waals surface area contributed by atoms with Crippen molar-refractivity contribution in [1.29, 1.82) is 5.26 Å². The van der Waals surface area contributed by atoms with Gasteiger partial charge in [0, 0.05) is 6.20 Å². The summed E-state index contributed by atoms with van der Waals surface area (Å²) in [6.45, 7) is 7.50. The molecule has 1 aliphatic carbocycles. The smallest absolute Gasteiger partial charge is 0.462 e. The van der Waals surface area contributed by atoms with Crippen molar-refractivity contribution in [3.63, 3.8) is 0 Å². The van der Waals surface area contributed by atoms with Crippen LogP contribution < -0.4 is 14.4 Å². The van der Waals surface area contributed by atoms with Crippen LogP contribution >= 0.6 is 0 Å². The molecule has 0 radical (unpaired) electrons. The summed E-state index contributed by atoms with van der Waals surface area (Å²) < 4.78 is 74.2. The average molecular weight is 596 g/mol. The van der Waals surface area contributed by atoms with Crippen molar-refractivity contribution < 1.29 is 46.0 Å². The zero-order valence-corrected chi connectivity index (χ0v) is 24.0. The first-order valence-electron chi connectivity index (χ1n) is 12.9. The van der Waals surface area contributed by atoms with E-state index >= 15 is 0 Å². The molecule has 0 spiro atoms. The number of rotatable bonds is 10. The second-order valence-electron chi connectivity index (χ2n) is 10.7. The molecule has 1 saturated carbocycles. The van der Waals surface area contributed by atoms with Crippen LogP contribution in [-0.4, -0.2) is 55.1 Å². The standard InChI is InChI=1S/C27H31F2N3O8S/c1-6-37-23(33)18-12-20-19(38-27(28,29)39-20)10-16(18)14-32(24(34)40-25(3,4)5)22-21(41(35,36)7-2)11-17(13-31-22)26(15-30)8-9-26/h10-13,24,34H,6-9,14H2,1-5H3. The van der Waals surface area contributed by atoms with Gasteiger partial charge < -0.3 is 29.0 Å². The third-order valence-electron chi connectivity index (χ3n) is 6.53. The monoisotopic (exact) mass is 595 g/mol. The van der Waals surface area contributed by atoms with Crippen LogP contribution in [0.25, 0.3) is 0 Å². The Morgan fingerprint density at radius 2 is 1.85 bits per heavy atom. The van der Waals surface area contributed by atoms with Gasteiger partial charge in [-0.05, 0) is 69.9 Å². The van der Waals surface area contributed by atoms with Crippen LogP contribution in [0.3, 0.4) is 0 Å². The van der Waals surface area contributed by atoms with Crippen molar-refractivity contribution in [1.82, 2.24) is 4.98 Å². The molecule has 222 valence electrons. The number of fused-ring (bicyclic) bond motifs is 1. The van der Waals surface area contributed by atoms with Crippen LogP contribution in [0.2, 0.25) is 0 Å². The van der Waals surface area contributed by atoms with Gasteiger partial charge in [0.25, 0.3) is 0 Å². The van der Waals surface area contributed by atoms with Gasteiger partial charge in [-0.1, -0.05) is 6.92 Å². The predicted molar refractivity (Wildman–Crippen MR) is 140 cm³/mol. The third-order valence-corrected chi connectivity index (χ3v) is 8.26. The van der Waals surface area contributed by atoms with Gasteiger partial charge in [-0.3, -0.25) is 0 Å². The highest BCUT2D eigenvalue weighted by Crippen LogP contribution is 2.49. The fraction of sp³-hybridized carbons (Fsp3) is 0.519. The summed E-state index contributed by atoms with van der Waals surface area (Å²) in [5.41, 5.74) is -1.52. The van der Waals surface area contributed by atoms with E-state index in [2.05, 4.69) is 20.5 Å². The number of ether oxygens (including phenoxy) is 4. The number of aliphatic hydroxyl groups excluding tert-OH is 1. The zero-order chi connectivity index (χ0) is 30.4. The number of sulfone groups is 1. The number of aliphatic hydroxyl groups is 1. The lowest BCUT2D eigenvalue weighted by Gasteiger charge is -2.34. The van der Waals surface area contributed by atoms with Gasteiger partial charge in [0.1, 0.15) is 4.90 Å². The normalized spacial score (nSPS) is 17.4. The predicted octanol–water partition coefficient (Wildman–Crippen LogP) is 4.03. The lowest BCUT2D eigenvalue weighted by Crippen LogP contribution is -2.43. The molecule has 1 fully saturated rings. The van der Waals surface area contributed by atoms with Crippen molar-refractivity contribution in [2.24, 2.45) is 0 Å². The second-order valence-corrected chi connectivity index (χ2v) is 12.9. The maximum absolute atomic E-state index is 13.9. The van der Waals surface area contributed by atoms with Gasteiger partial charge in [0.15, 0.2) is 27.2 Å². The molecule has 2 heterocycles. The summed E-state index contributed by atoms with van der Waals surface area (Å²) in [4.78, 5) is 18.0. The molecule has 11 nitrogen and oxygen atoms in total. The Kier molecular flexibility index (Phi) is 7.94. The maximum Gasteiger partial charge on any atom is 0.586 e. The number of alkyl halides is 2. The number of hydrogen-bond donors (Lipinski definition) is 1. The Hall–Kier alpha value is -3.54. The van der Waals surface area contributed by atoms with E-state index in [0.29, 0.717) is 18.4 Å². The Morgan fingerprint density at radius 3 is 2.39 bits per heavy atom. The summed E-state index contributed by atoms with van der Waals surface area (Å²) in [6.07, 6.45) is -3.34. The fourth-order valence-electron chi connectivity index (χ4n) is 4.28. The number of carbonyl (C=O) groups excluding carboxylic acids is 1. The largest absolute Gasteiger partial charge is 0.586 e. The number of anilines is 1. The summed E-state index contributed by atoms with van der Waals surface area (Å²) in [7, 11) is -3.98. The molecule has 1 atom stereocenters. The van der Waals surface area contributed by atoms with Crippen LogP contribution in [0.5, 0.6) is 11.5 Å². The SMILES string of the molecule is CCOC(=O)c1cc2c(cc1CN(c1ncc(C3(C#N)CC3)cc1S(=O)(=O)CC)C(O)OC(C)(C)C)OC(F)(F)O2. The van der Waals surface area contributed by atoms with Crippen LogP contribution in [0.1, 0.15) is 68.9 Å². The van der Waals surface area contributed by atoms with E-state index in [-0.39, 0.29) is 39.9 Å². The summed E-state index contributed by atoms with van der Waals surface area (Å²) in [5, 5.41) is 20.9. The highest BCUT2D eigenvalue weighted by molar-refractivity contribution is 7.91.